The largest absolute Gasteiger partial charge is 3.00 e. The molecule has 6 aromatic carbocycles. The predicted octanol–water partition coefficient (Wildman–Crippen LogP) is 4.75. The van der Waals surface area contributed by atoms with Gasteiger partial charge >= 0.3 is 26.2 Å². The number of rotatable bonds is 3. The fourth-order valence-corrected chi connectivity index (χ4v) is 6.78. The minimum absolute atomic E-state index is 0. The maximum Gasteiger partial charge on any atom is 3.00 e. The summed E-state index contributed by atoms with van der Waals surface area (Å²) >= 11 is 0. The van der Waals surface area contributed by atoms with E-state index in [1.807, 2.05) is 0 Å². The van der Waals surface area contributed by atoms with Gasteiger partial charge in [-0.05, 0) is 50.6 Å². The summed E-state index contributed by atoms with van der Waals surface area (Å²) < 4.78 is 0. The van der Waals surface area contributed by atoms with Gasteiger partial charge in [0.2, 0.25) is 0 Å². The van der Waals surface area contributed by atoms with Crippen LogP contribution in [0.5, 0.6) is 0 Å². The molecule has 8 rings (SSSR count). The molecule has 4 heteroatoms. The van der Waals surface area contributed by atoms with Crippen LogP contribution >= 0.6 is 0 Å². The van der Waals surface area contributed by atoms with Gasteiger partial charge in [0.25, 0.3) is 0 Å². The van der Waals surface area contributed by atoms with Crippen LogP contribution in [0.15, 0.2) is 103 Å². The van der Waals surface area contributed by atoms with Crippen LogP contribution in [0.2, 0.25) is 13.1 Å². The first kappa shape index (κ1) is 32.3. The van der Waals surface area contributed by atoms with Gasteiger partial charge in [0.15, 0.2) is 0 Å². The van der Waals surface area contributed by atoms with E-state index in [9.17, 15) is 0 Å². The van der Waals surface area contributed by atoms with Crippen molar-refractivity contribution >= 4 is 60.1 Å². The maximum absolute atomic E-state index is 2.48. The molecule has 0 fully saturated rings. The Bertz CT molecular complexity index is 1950. The summed E-state index contributed by atoms with van der Waals surface area (Å²) in [5.41, 5.74) is 11.1. The Labute approximate surface area is 283 Å². The van der Waals surface area contributed by atoms with Gasteiger partial charge in [-0.1, -0.05) is 134 Å². The van der Waals surface area contributed by atoms with E-state index in [0.29, 0.717) is 5.92 Å². The Hall–Kier alpha value is -2.61. The van der Waals surface area contributed by atoms with Crippen molar-refractivity contribution in [3.63, 3.8) is 0 Å². The summed E-state index contributed by atoms with van der Waals surface area (Å²) in [5, 5.41) is 8.17. The molecular weight excluding hydrogens is 647 g/mol. The summed E-state index contributed by atoms with van der Waals surface area (Å²) in [6.07, 6.45) is 8.01. The van der Waals surface area contributed by atoms with Crippen molar-refractivity contribution in [2.24, 2.45) is 0 Å². The third-order valence-electron chi connectivity index (χ3n) is 8.40. The predicted molar refractivity (Wildman–Crippen MR) is 173 cm³/mol. The van der Waals surface area contributed by atoms with E-state index in [2.05, 4.69) is 135 Å². The van der Waals surface area contributed by atoms with E-state index in [1.54, 1.807) is 0 Å². The number of hydrogen-bond acceptors (Lipinski definition) is 0. The van der Waals surface area contributed by atoms with Crippen LogP contribution in [0.1, 0.15) is 47.1 Å². The Morgan fingerprint density at radius 2 is 1.31 bits per heavy atom. The van der Waals surface area contributed by atoms with Crippen molar-refractivity contribution in [1.29, 1.82) is 0 Å². The van der Waals surface area contributed by atoms with Crippen LogP contribution in [0.4, 0.5) is 0 Å². The second-order valence-electron chi connectivity index (χ2n) is 10.7. The van der Waals surface area contributed by atoms with E-state index >= 15 is 0 Å². The summed E-state index contributed by atoms with van der Waals surface area (Å²) in [4.78, 5) is 0. The van der Waals surface area contributed by atoms with Crippen molar-refractivity contribution < 1.29 is 51.0 Å². The molecule has 1 unspecified atom stereocenters. The zero-order valence-electron chi connectivity index (χ0n) is 24.0. The average molecular weight is 678 g/mol. The van der Waals surface area contributed by atoms with Gasteiger partial charge in [-0.3, -0.25) is 0 Å². The molecule has 0 nitrogen and oxygen atoms in total. The zero-order chi connectivity index (χ0) is 26.5. The molecule has 1 atom stereocenters. The monoisotopic (exact) mass is 675 g/mol. The van der Waals surface area contributed by atoms with Gasteiger partial charge in [0.1, 0.15) is 0 Å². The fraction of sp³-hybridized carbons (Fsp3) is 0.132. The minimum Gasteiger partial charge on any atom is -1.00 e. The van der Waals surface area contributed by atoms with Gasteiger partial charge in [-0.15, -0.1) is 33.7 Å². The quantitative estimate of drug-likeness (QED) is 0.187. The van der Waals surface area contributed by atoms with E-state index in [4.69, 9.17) is 0 Å². The molecule has 2 aliphatic rings. The van der Waals surface area contributed by atoms with E-state index < -0.39 is 0 Å². The molecule has 0 heterocycles. The first-order chi connectivity index (χ1) is 19.2. The Morgan fingerprint density at radius 1 is 0.667 bits per heavy atom. The van der Waals surface area contributed by atoms with Gasteiger partial charge in [-0.2, -0.15) is 0 Å². The van der Waals surface area contributed by atoms with Crippen molar-refractivity contribution in [2.75, 3.05) is 0 Å². The third-order valence-corrected chi connectivity index (χ3v) is 8.40. The van der Waals surface area contributed by atoms with Crippen LogP contribution in [0.3, 0.4) is 0 Å². The van der Waals surface area contributed by atoms with Crippen LogP contribution in [0.25, 0.3) is 61.7 Å². The number of hydrogen-bond donors (Lipinski definition) is 0. The molecule has 0 bridgehead atoms. The number of allylic oxidation sites excluding steroid dienone is 1. The first-order valence-corrected chi connectivity index (χ1v) is 16.0. The van der Waals surface area contributed by atoms with Crippen molar-refractivity contribution in [2.45, 2.75) is 32.4 Å². The van der Waals surface area contributed by atoms with Gasteiger partial charge in [0, 0.05) is 15.4 Å². The van der Waals surface area contributed by atoms with Gasteiger partial charge < -0.3 is 24.8 Å². The molecular formula is C38H31Cl2SiZr. The summed E-state index contributed by atoms with van der Waals surface area (Å²) in [6, 6.07) is 36.3. The molecule has 0 saturated heterocycles. The Morgan fingerprint density at radius 3 is 2.10 bits per heavy atom. The molecule has 205 valence electrons. The van der Waals surface area contributed by atoms with Crippen molar-refractivity contribution in [3.8, 4) is 11.1 Å². The van der Waals surface area contributed by atoms with Crippen molar-refractivity contribution in [1.82, 2.24) is 0 Å². The molecule has 0 aliphatic heterocycles. The molecule has 42 heavy (non-hydrogen) atoms. The smallest absolute Gasteiger partial charge is 1.00 e. The molecule has 0 aromatic heterocycles. The van der Waals surface area contributed by atoms with E-state index in [-0.39, 0.29) is 51.0 Å². The van der Waals surface area contributed by atoms with Crippen LogP contribution < -0.4 is 24.8 Å². The molecule has 3 radical (unpaired) electrons. The number of fused-ring (bicyclic) bond motifs is 4. The molecule has 6 aromatic rings. The standard InChI is InChI=1S/C36H25.C2H6Si.2ClH.Zr/c1-2-22-20-33-28(29-19-18-24-17-16-23-9-5-13-30(29)35(23)24)12-7-15-31(33)36(22)32-14-6-11-27-26-10-4-3-8-25(26)21-34(27)32;1-3-2;;;/h3-21,36H,2H2,1H3;1-2H3;2*1H;/q-1;;;;+3/p-2. The normalized spacial score (nSPS) is 14.0. The van der Waals surface area contributed by atoms with Gasteiger partial charge in [-0.25, -0.2) is 0 Å². The second-order valence-corrected chi connectivity index (χ2v) is 11.7. The molecule has 0 amide bonds. The summed E-state index contributed by atoms with van der Waals surface area (Å²) in [5.74, 6) is 0.295. The maximum atomic E-state index is 2.48. The molecule has 0 N–H and O–H groups in total. The van der Waals surface area contributed by atoms with Crippen LogP contribution in [-0.2, 0) is 26.2 Å². The second kappa shape index (κ2) is 13.4. The fourth-order valence-electron chi connectivity index (χ4n) is 6.78. The van der Waals surface area contributed by atoms with E-state index in [1.165, 1.54) is 76.8 Å². The third kappa shape index (κ3) is 5.11. The minimum atomic E-state index is 0. The average Bonchev–Trinajstić information content (AvgIpc) is 3.68. The first-order valence-electron chi connectivity index (χ1n) is 14.0. The van der Waals surface area contributed by atoms with Crippen LogP contribution in [-0.4, -0.2) is 9.52 Å². The Balaban J connectivity index is 0.000000650. The number of halogens is 2. The Kier molecular flexibility index (Phi) is 10.3. The zero-order valence-corrected chi connectivity index (χ0v) is 29.0. The van der Waals surface area contributed by atoms with Crippen molar-refractivity contribution in [3.05, 3.63) is 130 Å². The molecule has 0 saturated carbocycles. The van der Waals surface area contributed by atoms with Gasteiger partial charge in [0.05, 0.1) is 0 Å². The summed E-state index contributed by atoms with van der Waals surface area (Å²) in [7, 11) is 1.08. The summed E-state index contributed by atoms with van der Waals surface area (Å²) in [6.45, 7) is 6.61. The van der Waals surface area contributed by atoms with Crippen LogP contribution in [0, 0.1) is 0 Å². The van der Waals surface area contributed by atoms with E-state index in [0.717, 1.165) is 15.9 Å². The SMILES string of the molecule is CCC1=Cc2c(-c3ccc4c5c(cccc35)C=C4)cccc2C1c1cccc2c1[cH-]c1ccccc12.C[Si]C.[Cl-].[Cl-].[Zr+3]. The molecule has 0 spiro atoms. The molecule has 2 aliphatic carbocycles. The topological polar surface area (TPSA) is 0 Å². The number of benzene rings is 5.